The zero-order valence-corrected chi connectivity index (χ0v) is 9.23. The van der Waals surface area contributed by atoms with Gasteiger partial charge in [-0.2, -0.15) is 0 Å². The Labute approximate surface area is 82.0 Å². The molecule has 0 aliphatic heterocycles. The van der Waals surface area contributed by atoms with E-state index in [1.54, 1.807) is 0 Å². The van der Waals surface area contributed by atoms with Gasteiger partial charge in [-0.25, -0.2) is 0 Å². The quantitative estimate of drug-likeness (QED) is 0.641. The van der Waals surface area contributed by atoms with Gasteiger partial charge < -0.3 is 10.1 Å². The molecule has 0 radical (unpaired) electrons. The van der Waals surface area contributed by atoms with Crippen molar-refractivity contribution in [2.45, 2.75) is 58.1 Å². The number of nitrogens with one attached hydrogen (secondary N) is 1. The van der Waals surface area contributed by atoms with Crippen molar-refractivity contribution in [1.82, 2.24) is 5.32 Å². The molecule has 78 valence electrons. The van der Waals surface area contributed by atoms with Crippen LogP contribution in [0, 0.1) is 0 Å². The van der Waals surface area contributed by atoms with E-state index in [4.69, 9.17) is 4.74 Å². The minimum Gasteiger partial charge on any atom is -0.377 e. The summed E-state index contributed by atoms with van der Waals surface area (Å²) in [7, 11) is 0. The van der Waals surface area contributed by atoms with E-state index in [1.807, 2.05) is 0 Å². The van der Waals surface area contributed by atoms with E-state index >= 15 is 0 Å². The zero-order valence-electron chi connectivity index (χ0n) is 9.23. The average molecular weight is 185 g/mol. The summed E-state index contributed by atoms with van der Waals surface area (Å²) in [6.45, 7) is 8.53. The Balaban J connectivity index is 1.93. The van der Waals surface area contributed by atoms with Crippen molar-refractivity contribution >= 4 is 0 Å². The molecule has 0 bridgehead atoms. The molecule has 0 aromatic carbocycles. The Morgan fingerprint density at radius 1 is 1.38 bits per heavy atom. The Bertz CT molecular complexity index is 141. The van der Waals surface area contributed by atoms with Crippen LogP contribution in [0.2, 0.25) is 0 Å². The molecule has 0 heterocycles. The molecule has 0 unspecified atom stereocenters. The molecule has 0 atom stereocenters. The van der Waals surface area contributed by atoms with E-state index in [0.717, 1.165) is 19.6 Å². The fourth-order valence-electron chi connectivity index (χ4n) is 1.28. The highest BCUT2D eigenvalue weighted by atomic mass is 16.5. The first-order valence-electron chi connectivity index (χ1n) is 5.51. The topological polar surface area (TPSA) is 21.3 Å². The Kier molecular flexibility index (Phi) is 4.20. The molecular formula is C11H23NO. The summed E-state index contributed by atoms with van der Waals surface area (Å²) in [5.41, 5.74) is 0.267. The van der Waals surface area contributed by atoms with Crippen LogP contribution in [0.25, 0.3) is 0 Å². The molecule has 13 heavy (non-hydrogen) atoms. The van der Waals surface area contributed by atoms with E-state index in [9.17, 15) is 0 Å². The lowest BCUT2D eigenvalue weighted by Gasteiger charge is -2.28. The highest BCUT2D eigenvalue weighted by Crippen LogP contribution is 2.21. The molecule has 1 saturated carbocycles. The second-order valence-corrected chi connectivity index (χ2v) is 4.59. The lowest BCUT2D eigenvalue weighted by molar-refractivity contribution is 0.00232. The van der Waals surface area contributed by atoms with Gasteiger partial charge in [-0.3, -0.25) is 0 Å². The van der Waals surface area contributed by atoms with Crippen molar-refractivity contribution in [3.63, 3.8) is 0 Å². The molecule has 0 aromatic rings. The maximum Gasteiger partial charge on any atom is 0.0594 e. The number of hydrogen-bond donors (Lipinski definition) is 1. The van der Waals surface area contributed by atoms with Gasteiger partial charge in [-0.05, 0) is 39.5 Å². The lowest BCUT2D eigenvalue weighted by atomic mass is 9.96. The van der Waals surface area contributed by atoms with Gasteiger partial charge in [0.1, 0.15) is 0 Å². The standard InChI is InChI=1S/C11H23NO/c1-4-11(2,3)12-8-9-13-10-6-5-7-10/h10,12H,4-9H2,1-3H3. The number of ether oxygens (including phenoxy) is 1. The van der Waals surface area contributed by atoms with Crippen LogP contribution in [0.1, 0.15) is 46.5 Å². The smallest absolute Gasteiger partial charge is 0.0594 e. The van der Waals surface area contributed by atoms with Gasteiger partial charge in [0.2, 0.25) is 0 Å². The van der Waals surface area contributed by atoms with E-state index in [1.165, 1.54) is 19.3 Å². The largest absolute Gasteiger partial charge is 0.377 e. The first-order valence-corrected chi connectivity index (χ1v) is 5.51. The van der Waals surface area contributed by atoms with Gasteiger partial charge in [0.25, 0.3) is 0 Å². The number of rotatable bonds is 6. The van der Waals surface area contributed by atoms with Crippen LogP contribution in [0.3, 0.4) is 0 Å². The Morgan fingerprint density at radius 2 is 2.08 bits per heavy atom. The van der Waals surface area contributed by atoms with Crippen molar-refractivity contribution in [3.05, 3.63) is 0 Å². The van der Waals surface area contributed by atoms with Crippen LogP contribution in [-0.4, -0.2) is 24.8 Å². The van der Waals surface area contributed by atoms with E-state index in [2.05, 4.69) is 26.1 Å². The van der Waals surface area contributed by atoms with Crippen LogP contribution < -0.4 is 5.32 Å². The third-order valence-corrected chi connectivity index (χ3v) is 3.00. The molecule has 0 spiro atoms. The van der Waals surface area contributed by atoms with Crippen LogP contribution in [-0.2, 0) is 4.74 Å². The second kappa shape index (κ2) is 4.97. The normalized spacial score (nSPS) is 18.7. The predicted molar refractivity (Wildman–Crippen MR) is 56.0 cm³/mol. The fourth-order valence-corrected chi connectivity index (χ4v) is 1.28. The maximum atomic E-state index is 5.66. The minimum atomic E-state index is 0.267. The molecule has 0 amide bonds. The monoisotopic (exact) mass is 185 g/mol. The van der Waals surface area contributed by atoms with Crippen LogP contribution in [0.15, 0.2) is 0 Å². The van der Waals surface area contributed by atoms with Gasteiger partial charge in [-0.1, -0.05) is 6.92 Å². The van der Waals surface area contributed by atoms with E-state index in [-0.39, 0.29) is 5.54 Å². The fraction of sp³-hybridized carbons (Fsp3) is 1.00. The zero-order chi connectivity index (χ0) is 9.73. The molecule has 0 aromatic heterocycles. The molecule has 2 nitrogen and oxygen atoms in total. The molecule has 0 saturated heterocycles. The second-order valence-electron chi connectivity index (χ2n) is 4.59. The Morgan fingerprint density at radius 3 is 2.54 bits per heavy atom. The lowest BCUT2D eigenvalue weighted by Crippen LogP contribution is -2.41. The summed E-state index contributed by atoms with van der Waals surface area (Å²) < 4.78 is 5.66. The summed E-state index contributed by atoms with van der Waals surface area (Å²) in [6.07, 6.45) is 5.65. The van der Waals surface area contributed by atoms with E-state index < -0.39 is 0 Å². The summed E-state index contributed by atoms with van der Waals surface area (Å²) >= 11 is 0. The van der Waals surface area contributed by atoms with Crippen molar-refractivity contribution < 1.29 is 4.74 Å². The van der Waals surface area contributed by atoms with Crippen molar-refractivity contribution in [2.75, 3.05) is 13.2 Å². The highest BCUT2D eigenvalue weighted by molar-refractivity contribution is 4.75. The third kappa shape index (κ3) is 4.10. The molecule has 2 heteroatoms. The summed E-state index contributed by atoms with van der Waals surface area (Å²) in [5, 5.41) is 3.49. The molecule has 1 fully saturated rings. The number of hydrogen-bond acceptors (Lipinski definition) is 2. The summed E-state index contributed by atoms with van der Waals surface area (Å²) in [5.74, 6) is 0. The average Bonchev–Trinajstić information content (AvgIpc) is 2.01. The molecule has 1 N–H and O–H groups in total. The van der Waals surface area contributed by atoms with Gasteiger partial charge in [0.05, 0.1) is 12.7 Å². The highest BCUT2D eigenvalue weighted by Gasteiger charge is 2.18. The maximum absolute atomic E-state index is 5.66. The van der Waals surface area contributed by atoms with Gasteiger partial charge >= 0.3 is 0 Å². The van der Waals surface area contributed by atoms with Crippen LogP contribution >= 0.6 is 0 Å². The van der Waals surface area contributed by atoms with E-state index in [0.29, 0.717) is 6.10 Å². The molecule has 1 aliphatic carbocycles. The Hall–Kier alpha value is -0.0800. The summed E-state index contributed by atoms with van der Waals surface area (Å²) in [6, 6.07) is 0. The predicted octanol–water partition coefficient (Wildman–Crippen LogP) is 2.33. The summed E-state index contributed by atoms with van der Waals surface area (Å²) in [4.78, 5) is 0. The van der Waals surface area contributed by atoms with Crippen LogP contribution in [0.5, 0.6) is 0 Å². The van der Waals surface area contributed by atoms with Gasteiger partial charge in [0, 0.05) is 12.1 Å². The van der Waals surface area contributed by atoms with Gasteiger partial charge in [-0.15, -0.1) is 0 Å². The van der Waals surface area contributed by atoms with Crippen LogP contribution in [0.4, 0.5) is 0 Å². The first-order chi connectivity index (χ1) is 6.14. The van der Waals surface area contributed by atoms with Crippen molar-refractivity contribution in [3.8, 4) is 0 Å². The SMILES string of the molecule is CCC(C)(C)NCCOC1CCC1. The minimum absolute atomic E-state index is 0.267. The molecular weight excluding hydrogens is 162 g/mol. The first kappa shape index (κ1) is 11.0. The molecule has 1 rings (SSSR count). The van der Waals surface area contributed by atoms with Crippen molar-refractivity contribution in [1.29, 1.82) is 0 Å². The molecule has 1 aliphatic rings. The third-order valence-electron chi connectivity index (χ3n) is 3.00. The van der Waals surface area contributed by atoms with Crippen molar-refractivity contribution in [2.24, 2.45) is 0 Å². The van der Waals surface area contributed by atoms with Gasteiger partial charge in [0.15, 0.2) is 0 Å².